The molecule has 1 aromatic rings. The number of hydrogen-bond acceptors (Lipinski definition) is 4. The highest BCUT2D eigenvalue weighted by atomic mass is 16.6. The monoisotopic (exact) mass is 265 g/mol. The lowest BCUT2D eigenvalue weighted by molar-refractivity contribution is -0.384. The number of anilines is 2. The maximum atomic E-state index is 10.9. The largest absolute Gasteiger partial charge is 0.385 e. The summed E-state index contributed by atoms with van der Waals surface area (Å²) in [5.74, 6) is 0.516. The van der Waals surface area contributed by atoms with Gasteiger partial charge in [-0.25, -0.2) is 0 Å². The van der Waals surface area contributed by atoms with Gasteiger partial charge in [-0.3, -0.25) is 10.1 Å². The smallest absolute Gasteiger partial charge is 0.273 e. The van der Waals surface area contributed by atoms with Gasteiger partial charge in [-0.2, -0.15) is 0 Å². The fourth-order valence-corrected chi connectivity index (χ4v) is 1.86. The highest BCUT2D eigenvalue weighted by Gasteiger charge is 2.13. The summed E-state index contributed by atoms with van der Waals surface area (Å²) in [6.45, 7) is 9.11. The molecule has 2 unspecified atom stereocenters. The molecule has 0 aliphatic heterocycles. The van der Waals surface area contributed by atoms with E-state index in [-0.39, 0.29) is 16.7 Å². The molecule has 0 spiro atoms. The summed E-state index contributed by atoms with van der Waals surface area (Å²) < 4.78 is 0. The van der Waals surface area contributed by atoms with Gasteiger partial charge in [0.15, 0.2) is 0 Å². The Morgan fingerprint density at radius 2 is 1.84 bits per heavy atom. The first kappa shape index (κ1) is 15.3. The van der Waals surface area contributed by atoms with Crippen LogP contribution in [0.2, 0.25) is 0 Å². The maximum absolute atomic E-state index is 10.9. The minimum Gasteiger partial charge on any atom is -0.385 e. The molecule has 1 rings (SSSR count). The van der Waals surface area contributed by atoms with E-state index in [1.54, 1.807) is 12.1 Å². The Balaban J connectivity index is 2.95. The SMILES string of the molecule is CCNc1cc(NC(C)C(C)CC)cc([N+](=O)[O-])c1. The molecule has 0 aromatic heterocycles. The Kier molecular flexibility index (Phi) is 5.60. The van der Waals surface area contributed by atoms with Gasteiger partial charge < -0.3 is 10.6 Å². The third-order valence-corrected chi connectivity index (χ3v) is 3.40. The minimum atomic E-state index is -0.361. The van der Waals surface area contributed by atoms with E-state index >= 15 is 0 Å². The molecule has 5 heteroatoms. The van der Waals surface area contributed by atoms with Crippen LogP contribution in [0.3, 0.4) is 0 Å². The van der Waals surface area contributed by atoms with Gasteiger partial charge in [0.25, 0.3) is 5.69 Å². The standard InChI is InChI=1S/C14H23N3O2/c1-5-10(3)11(4)16-13-7-12(15-6-2)8-14(9-13)17(18)19/h7-11,15-16H,5-6H2,1-4H3. The number of hydrogen-bond donors (Lipinski definition) is 2. The number of benzene rings is 1. The topological polar surface area (TPSA) is 67.2 Å². The second kappa shape index (κ2) is 6.97. The first-order valence-electron chi connectivity index (χ1n) is 6.77. The molecule has 19 heavy (non-hydrogen) atoms. The summed E-state index contributed by atoms with van der Waals surface area (Å²) in [5.41, 5.74) is 1.67. The first-order valence-corrected chi connectivity index (χ1v) is 6.77. The van der Waals surface area contributed by atoms with Crippen LogP contribution in [0, 0.1) is 16.0 Å². The summed E-state index contributed by atoms with van der Waals surface area (Å²) in [7, 11) is 0. The van der Waals surface area contributed by atoms with Crippen LogP contribution in [0.5, 0.6) is 0 Å². The van der Waals surface area contributed by atoms with E-state index in [0.717, 1.165) is 24.3 Å². The molecule has 0 amide bonds. The van der Waals surface area contributed by atoms with Gasteiger partial charge >= 0.3 is 0 Å². The lowest BCUT2D eigenvalue weighted by Gasteiger charge is -2.21. The molecule has 2 atom stereocenters. The summed E-state index contributed by atoms with van der Waals surface area (Å²) in [5, 5.41) is 17.4. The number of nitrogens with one attached hydrogen (secondary N) is 2. The molecule has 0 bridgehead atoms. The van der Waals surface area contributed by atoms with Crippen LogP contribution in [-0.4, -0.2) is 17.5 Å². The molecule has 0 saturated carbocycles. The molecule has 106 valence electrons. The molecule has 0 saturated heterocycles. The third-order valence-electron chi connectivity index (χ3n) is 3.40. The van der Waals surface area contributed by atoms with Gasteiger partial charge in [0.2, 0.25) is 0 Å². The Morgan fingerprint density at radius 3 is 2.37 bits per heavy atom. The van der Waals surface area contributed by atoms with Crippen LogP contribution in [-0.2, 0) is 0 Å². The minimum absolute atomic E-state index is 0.109. The van der Waals surface area contributed by atoms with Crippen molar-refractivity contribution in [3.63, 3.8) is 0 Å². The average molecular weight is 265 g/mol. The van der Waals surface area contributed by atoms with E-state index in [2.05, 4.69) is 31.4 Å². The Bertz CT molecular complexity index is 435. The van der Waals surface area contributed by atoms with Gasteiger partial charge in [-0.05, 0) is 25.8 Å². The molecule has 1 aromatic carbocycles. The molecule has 0 aliphatic rings. The summed E-state index contributed by atoms with van der Waals surface area (Å²) >= 11 is 0. The van der Waals surface area contributed by atoms with Crippen molar-refractivity contribution in [2.45, 2.75) is 40.2 Å². The Hall–Kier alpha value is -1.78. The van der Waals surface area contributed by atoms with Crippen LogP contribution in [0.25, 0.3) is 0 Å². The molecule has 5 nitrogen and oxygen atoms in total. The van der Waals surface area contributed by atoms with Crippen molar-refractivity contribution in [1.82, 2.24) is 0 Å². The third kappa shape index (κ3) is 4.43. The van der Waals surface area contributed by atoms with Crippen molar-refractivity contribution in [2.75, 3.05) is 17.2 Å². The van der Waals surface area contributed by atoms with Crippen LogP contribution in [0.1, 0.15) is 34.1 Å². The van der Waals surface area contributed by atoms with Crippen molar-refractivity contribution in [3.05, 3.63) is 28.3 Å². The van der Waals surface area contributed by atoms with E-state index in [4.69, 9.17) is 0 Å². The number of nitro groups is 1. The quantitative estimate of drug-likeness (QED) is 0.580. The van der Waals surface area contributed by atoms with Gasteiger partial charge in [-0.1, -0.05) is 20.3 Å². The second-order valence-corrected chi connectivity index (χ2v) is 4.87. The first-order chi connectivity index (χ1) is 8.97. The van der Waals surface area contributed by atoms with Crippen LogP contribution in [0.4, 0.5) is 17.1 Å². The maximum Gasteiger partial charge on any atom is 0.273 e. The van der Waals surface area contributed by atoms with E-state index in [9.17, 15) is 10.1 Å². The molecule has 0 aliphatic carbocycles. The van der Waals surface area contributed by atoms with Crippen molar-refractivity contribution in [1.29, 1.82) is 0 Å². The van der Waals surface area contributed by atoms with Gasteiger partial charge in [0, 0.05) is 36.1 Å². The van der Waals surface area contributed by atoms with Crippen molar-refractivity contribution in [3.8, 4) is 0 Å². The summed E-state index contributed by atoms with van der Waals surface area (Å²) in [6, 6.07) is 5.33. The Morgan fingerprint density at radius 1 is 1.21 bits per heavy atom. The zero-order valence-corrected chi connectivity index (χ0v) is 12.1. The highest BCUT2D eigenvalue weighted by molar-refractivity contribution is 5.63. The van der Waals surface area contributed by atoms with E-state index in [1.165, 1.54) is 0 Å². The number of non-ortho nitro benzene ring substituents is 1. The predicted molar refractivity (Wildman–Crippen MR) is 79.8 cm³/mol. The summed E-state index contributed by atoms with van der Waals surface area (Å²) in [4.78, 5) is 10.6. The molecule has 2 N–H and O–H groups in total. The molecular weight excluding hydrogens is 242 g/mol. The average Bonchev–Trinajstić information content (AvgIpc) is 2.37. The van der Waals surface area contributed by atoms with Crippen molar-refractivity contribution >= 4 is 17.1 Å². The van der Waals surface area contributed by atoms with E-state index < -0.39 is 0 Å². The zero-order chi connectivity index (χ0) is 14.4. The molecule has 0 radical (unpaired) electrons. The zero-order valence-electron chi connectivity index (χ0n) is 12.1. The fourth-order valence-electron chi connectivity index (χ4n) is 1.86. The van der Waals surface area contributed by atoms with Gasteiger partial charge in [0.1, 0.15) is 0 Å². The molecule has 0 fully saturated rings. The fraction of sp³-hybridized carbons (Fsp3) is 0.571. The number of nitro benzene ring substituents is 1. The van der Waals surface area contributed by atoms with Gasteiger partial charge in [-0.15, -0.1) is 0 Å². The predicted octanol–water partition coefficient (Wildman–Crippen LogP) is 3.87. The Labute approximate surface area is 114 Å². The van der Waals surface area contributed by atoms with Crippen LogP contribution >= 0.6 is 0 Å². The highest BCUT2D eigenvalue weighted by Crippen LogP contribution is 2.25. The van der Waals surface area contributed by atoms with Crippen molar-refractivity contribution < 1.29 is 4.92 Å². The lowest BCUT2D eigenvalue weighted by atomic mass is 10.0. The lowest BCUT2D eigenvalue weighted by Crippen LogP contribution is -2.23. The summed E-state index contributed by atoms with van der Waals surface area (Å²) in [6.07, 6.45) is 1.07. The van der Waals surface area contributed by atoms with Crippen LogP contribution < -0.4 is 10.6 Å². The number of rotatable bonds is 7. The number of nitrogens with zero attached hydrogens (tertiary/aromatic N) is 1. The van der Waals surface area contributed by atoms with Crippen molar-refractivity contribution in [2.24, 2.45) is 5.92 Å². The molecular formula is C14H23N3O2. The second-order valence-electron chi connectivity index (χ2n) is 4.87. The van der Waals surface area contributed by atoms with E-state index in [0.29, 0.717) is 5.92 Å². The normalized spacial score (nSPS) is 13.7. The van der Waals surface area contributed by atoms with E-state index in [1.807, 2.05) is 13.0 Å². The van der Waals surface area contributed by atoms with Crippen LogP contribution in [0.15, 0.2) is 18.2 Å². The molecule has 0 heterocycles. The van der Waals surface area contributed by atoms with Gasteiger partial charge in [0.05, 0.1) is 4.92 Å².